The fourth-order valence-corrected chi connectivity index (χ4v) is 2.63. The minimum absolute atomic E-state index is 0.155. The van der Waals surface area contributed by atoms with E-state index < -0.39 is 0 Å². The summed E-state index contributed by atoms with van der Waals surface area (Å²) in [6.07, 6.45) is 6.91. The molecule has 3 nitrogen and oxygen atoms in total. The minimum atomic E-state index is -0.219. The van der Waals surface area contributed by atoms with Crippen molar-refractivity contribution in [3.63, 3.8) is 0 Å². The Kier molecular flexibility index (Phi) is 2.52. The van der Waals surface area contributed by atoms with Gasteiger partial charge in [0, 0.05) is 5.92 Å². The number of fused-ring (bicyclic) bond motifs is 1. The van der Waals surface area contributed by atoms with E-state index in [-0.39, 0.29) is 17.8 Å². The molecule has 2 unspecified atom stereocenters. The van der Waals surface area contributed by atoms with Crippen molar-refractivity contribution in [2.24, 2.45) is 17.0 Å². The molecule has 4 heteroatoms. The molecule has 0 aromatic carbocycles. The van der Waals surface area contributed by atoms with Crippen molar-refractivity contribution in [2.75, 3.05) is 13.1 Å². The average Bonchev–Trinajstić information content (AvgIpc) is 2.73. The normalized spacial score (nSPS) is 34.1. The third-order valence-corrected chi connectivity index (χ3v) is 3.52. The van der Waals surface area contributed by atoms with E-state index in [2.05, 4.69) is 10.5 Å². The van der Waals surface area contributed by atoms with E-state index in [1.807, 2.05) is 6.08 Å². The van der Waals surface area contributed by atoms with Gasteiger partial charge in [-0.05, 0) is 38.1 Å². The third kappa shape index (κ3) is 1.67. The zero-order chi connectivity index (χ0) is 11.0. The van der Waals surface area contributed by atoms with Gasteiger partial charge in [0.2, 0.25) is 0 Å². The maximum atomic E-state index is 13.0. The highest BCUT2D eigenvalue weighted by Gasteiger charge is 2.37. The molecule has 2 atom stereocenters. The highest BCUT2D eigenvalue weighted by molar-refractivity contribution is 5.92. The molecule has 86 valence electrons. The fourth-order valence-electron chi connectivity index (χ4n) is 2.63. The molecule has 1 fully saturated rings. The first-order valence-corrected chi connectivity index (χ1v) is 5.84. The molecule has 1 N–H and O–H groups in total. The SMILES string of the molecule is FC1=CC2ON=C(C3CCNCC3)C2C=C1. The molecule has 2 aliphatic heterocycles. The first kappa shape index (κ1) is 10.0. The summed E-state index contributed by atoms with van der Waals surface area (Å²) in [6, 6.07) is 0. The van der Waals surface area contributed by atoms with E-state index in [0.29, 0.717) is 5.92 Å². The van der Waals surface area contributed by atoms with Crippen molar-refractivity contribution in [3.05, 3.63) is 24.1 Å². The molecule has 0 radical (unpaired) electrons. The van der Waals surface area contributed by atoms with Crippen LogP contribution < -0.4 is 5.32 Å². The number of nitrogens with zero attached hydrogens (tertiary/aromatic N) is 1. The van der Waals surface area contributed by atoms with Crippen molar-refractivity contribution in [2.45, 2.75) is 18.9 Å². The third-order valence-electron chi connectivity index (χ3n) is 3.52. The molecule has 0 amide bonds. The Hall–Kier alpha value is -1.16. The van der Waals surface area contributed by atoms with Crippen LogP contribution in [0.25, 0.3) is 0 Å². The smallest absolute Gasteiger partial charge is 0.160 e. The Morgan fingerprint density at radius 2 is 2.19 bits per heavy atom. The second kappa shape index (κ2) is 4.01. The lowest BCUT2D eigenvalue weighted by molar-refractivity contribution is 0.103. The highest BCUT2D eigenvalue weighted by Crippen LogP contribution is 2.32. The molecule has 0 aromatic heterocycles. The fraction of sp³-hybridized carbons (Fsp3) is 0.583. The van der Waals surface area contributed by atoms with Crippen molar-refractivity contribution in [3.8, 4) is 0 Å². The van der Waals surface area contributed by atoms with E-state index in [4.69, 9.17) is 4.84 Å². The van der Waals surface area contributed by atoms with Gasteiger partial charge in [-0.1, -0.05) is 11.2 Å². The van der Waals surface area contributed by atoms with Crippen molar-refractivity contribution in [1.82, 2.24) is 5.32 Å². The molecule has 2 heterocycles. The van der Waals surface area contributed by atoms with Crippen LogP contribution in [0.4, 0.5) is 4.39 Å². The Morgan fingerprint density at radius 1 is 1.38 bits per heavy atom. The highest BCUT2D eigenvalue weighted by atomic mass is 19.1. The molecule has 0 saturated carbocycles. The van der Waals surface area contributed by atoms with Crippen LogP contribution >= 0.6 is 0 Å². The van der Waals surface area contributed by atoms with Gasteiger partial charge in [0.05, 0.1) is 11.6 Å². The Balaban J connectivity index is 1.76. The quantitative estimate of drug-likeness (QED) is 0.733. The molecular weight excluding hydrogens is 207 g/mol. The molecule has 16 heavy (non-hydrogen) atoms. The van der Waals surface area contributed by atoms with Crippen LogP contribution in [-0.2, 0) is 4.84 Å². The van der Waals surface area contributed by atoms with Gasteiger partial charge >= 0.3 is 0 Å². The molecule has 1 saturated heterocycles. The van der Waals surface area contributed by atoms with Crippen molar-refractivity contribution < 1.29 is 9.23 Å². The number of hydrogen-bond donors (Lipinski definition) is 1. The molecule has 1 aliphatic carbocycles. The van der Waals surface area contributed by atoms with Crippen molar-refractivity contribution in [1.29, 1.82) is 0 Å². The van der Waals surface area contributed by atoms with Gasteiger partial charge in [0.15, 0.2) is 6.10 Å². The molecular formula is C12H15FN2O. The molecule has 0 bridgehead atoms. The van der Waals surface area contributed by atoms with Crippen LogP contribution in [0.5, 0.6) is 0 Å². The second-order valence-electron chi connectivity index (χ2n) is 4.55. The average molecular weight is 222 g/mol. The van der Waals surface area contributed by atoms with Gasteiger partial charge in [-0.25, -0.2) is 4.39 Å². The van der Waals surface area contributed by atoms with Gasteiger partial charge < -0.3 is 10.2 Å². The van der Waals surface area contributed by atoms with Gasteiger partial charge in [-0.15, -0.1) is 0 Å². The largest absolute Gasteiger partial charge is 0.387 e. The zero-order valence-electron chi connectivity index (χ0n) is 9.03. The van der Waals surface area contributed by atoms with E-state index in [1.54, 1.807) is 0 Å². The first-order valence-electron chi connectivity index (χ1n) is 5.84. The summed E-state index contributed by atoms with van der Waals surface area (Å²) in [6.45, 7) is 2.07. The minimum Gasteiger partial charge on any atom is -0.387 e. The summed E-state index contributed by atoms with van der Waals surface area (Å²) in [5, 5.41) is 7.50. The Bertz CT molecular complexity index is 369. The predicted octanol–water partition coefficient (Wildman–Crippen LogP) is 1.78. The van der Waals surface area contributed by atoms with Gasteiger partial charge in [-0.3, -0.25) is 0 Å². The van der Waals surface area contributed by atoms with Gasteiger partial charge in [0.25, 0.3) is 0 Å². The van der Waals surface area contributed by atoms with Gasteiger partial charge in [-0.2, -0.15) is 0 Å². The summed E-state index contributed by atoms with van der Waals surface area (Å²) in [5.41, 5.74) is 1.10. The van der Waals surface area contributed by atoms with E-state index >= 15 is 0 Å². The van der Waals surface area contributed by atoms with Crippen LogP contribution in [0.15, 0.2) is 29.2 Å². The van der Waals surface area contributed by atoms with Crippen LogP contribution in [-0.4, -0.2) is 24.9 Å². The summed E-state index contributed by atoms with van der Waals surface area (Å²) in [7, 11) is 0. The standard InChI is InChI=1S/C12H15FN2O/c13-9-1-2-10-11(7-9)16-15-12(10)8-3-5-14-6-4-8/h1-2,7-8,10-11,14H,3-6H2. The summed E-state index contributed by atoms with van der Waals surface area (Å²) >= 11 is 0. The lowest BCUT2D eigenvalue weighted by atomic mass is 9.82. The number of hydrogen-bond acceptors (Lipinski definition) is 3. The Morgan fingerprint density at radius 3 is 3.00 bits per heavy atom. The summed E-state index contributed by atoms with van der Waals surface area (Å²) in [4.78, 5) is 5.29. The van der Waals surface area contributed by atoms with Gasteiger partial charge in [0.1, 0.15) is 5.83 Å². The predicted molar refractivity (Wildman–Crippen MR) is 59.7 cm³/mol. The second-order valence-corrected chi connectivity index (χ2v) is 4.55. The van der Waals surface area contributed by atoms with Crippen LogP contribution in [0, 0.1) is 11.8 Å². The summed E-state index contributed by atoms with van der Waals surface area (Å²) in [5.74, 6) is 0.432. The Labute approximate surface area is 94.0 Å². The molecule has 0 aromatic rings. The first-order chi connectivity index (χ1) is 7.84. The van der Waals surface area contributed by atoms with E-state index in [0.717, 1.165) is 31.6 Å². The van der Waals surface area contributed by atoms with Crippen molar-refractivity contribution >= 4 is 5.71 Å². The maximum absolute atomic E-state index is 13.0. The molecule has 0 spiro atoms. The monoisotopic (exact) mass is 222 g/mol. The number of allylic oxidation sites excluding steroid dienone is 2. The maximum Gasteiger partial charge on any atom is 0.160 e. The van der Waals surface area contributed by atoms with Crippen LogP contribution in [0.1, 0.15) is 12.8 Å². The van der Waals surface area contributed by atoms with E-state index in [1.165, 1.54) is 12.2 Å². The summed E-state index contributed by atoms with van der Waals surface area (Å²) < 4.78 is 13.0. The molecule has 3 rings (SSSR count). The van der Waals surface area contributed by atoms with Crippen LogP contribution in [0.2, 0.25) is 0 Å². The topological polar surface area (TPSA) is 33.6 Å². The number of oxime groups is 1. The van der Waals surface area contributed by atoms with E-state index in [9.17, 15) is 4.39 Å². The number of rotatable bonds is 1. The number of halogens is 1. The zero-order valence-corrected chi connectivity index (χ0v) is 9.03. The van der Waals surface area contributed by atoms with Crippen LogP contribution in [0.3, 0.4) is 0 Å². The lowest BCUT2D eigenvalue weighted by Crippen LogP contribution is -2.35. The molecule has 3 aliphatic rings. The number of piperidine rings is 1. The number of nitrogens with one attached hydrogen (secondary N) is 1. The lowest BCUT2D eigenvalue weighted by Gasteiger charge is -2.25.